The highest BCUT2D eigenvalue weighted by molar-refractivity contribution is 5.92. The summed E-state index contributed by atoms with van der Waals surface area (Å²) < 4.78 is 5.33. The second-order valence-corrected chi connectivity index (χ2v) is 6.44. The van der Waals surface area contributed by atoms with Crippen molar-refractivity contribution in [2.24, 2.45) is 0 Å². The lowest BCUT2D eigenvalue weighted by molar-refractivity contribution is 0.0948. The van der Waals surface area contributed by atoms with Gasteiger partial charge in [0, 0.05) is 20.1 Å². The summed E-state index contributed by atoms with van der Waals surface area (Å²) in [5.41, 5.74) is 2.54. The van der Waals surface area contributed by atoms with Crippen LogP contribution in [0.1, 0.15) is 21.6 Å². The number of anilines is 1. The van der Waals surface area contributed by atoms with Gasteiger partial charge < -0.3 is 15.0 Å². The number of ether oxygens (including phenoxy) is 1. The summed E-state index contributed by atoms with van der Waals surface area (Å²) in [7, 11) is 3.59. The number of amides is 1. The van der Waals surface area contributed by atoms with Gasteiger partial charge in [-0.1, -0.05) is 48.5 Å². The van der Waals surface area contributed by atoms with E-state index in [0.29, 0.717) is 18.7 Å². The monoisotopic (exact) mass is 376 g/mol. The molecule has 0 saturated heterocycles. The fraction of sp³-hybridized carbons (Fsp3) is 0.227. The first kappa shape index (κ1) is 19.4. The van der Waals surface area contributed by atoms with Crippen LogP contribution >= 0.6 is 0 Å². The van der Waals surface area contributed by atoms with Crippen molar-refractivity contribution < 1.29 is 9.53 Å². The molecule has 0 saturated carbocycles. The maximum absolute atomic E-state index is 12.3. The second-order valence-electron chi connectivity index (χ2n) is 6.44. The lowest BCUT2D eigenvalue weighted by atomic mass is 10.1. The van der Waals surface area contributed by atoms with Gasteiger partial charge in [-0.15, -0.1) is 10.2 Å². The van der Waals surface area contributed by atoms with E-state index >= 15 is 0 Å². The van der Waals surface area contributed by atoms with Crippen LogP contribution in [0.2, 0.25) is 0 Å². The standard InChI is InChI=1S/C22H24N4O2/c1-26(16-17-8-4-3-5-9-17)21-13-12-19(24-25-21)22(27)23-15-14-18-10-6-7-11-20(18)28-2/h3-13H,14-16H2,1-2H3,(H,23,27). The molecule has 144 valence electrons. The Morgan fingerprint density at radius 1 is 1.00 bits per heavy atom. The summed E-state index contributed by atoms with van der Waals surface area (Å²) in [6.45, 7) is 1.22. The van der Waals surface area contributed by atoms with Gasteiger partial charge in [-0.25, -0.2) is 0 Å². The van der Waals surface area contributed by atoms with Crippen LogP contribution in [0.4, 0.5) is 5.82 Å². The third kappa shape index (κ3) is 5.07. The number of nitrogens with one attached hydrogen (secondary N) is 1. The molecule has 0 radical (unpaired) electrons. The molecule has 0 unspecified atom stereocenters. The molecule has 28 heavy (non-hydrogen) atoms. The van der Waals surface area contributed by atoms with E-state index in [9.17, 15) is 4.79 Å². The first-order chi connectivity index (χ1) is 13.7. The van der Waals surface area contributed by atoms with E-state index in [1.54, 1.807) is 13.2 Å². The van der Waals surface area contributed by atoms with Gasteiger partial charge >= 0.3 is 0 Å². The van der Waals surface area contributed by atoms with Crippen LogP contribution in [0, 0.1) is 0 Å². The molecule has 1 amide bonds. The van der Waals surface area contributed by atoms with Crippen LogP contribution in [-0.2, 0) is 13.0 Å². The van der Waals surface area contributed by atoms with E-state index in [0.717, 1.165) is 23.7 Å². The molecule has 1 heterocycles. The molecular formula is C22H24N4O2. The lowest BCUT2D eigenvalue weighted by Crippen LogP contribution is -2.27. The van der Waals surface area contributed by atoms with Crippen LogP contribution in [0.15, 0.2) is 66.7 Å². The minimum Gasteiger partial charge on any atom is -0.496 e. The van der Waals surface area contributed by atoms with Gasteiger partial charge in [-0.05, 0) is 35.7 Å². The molecular weight excluding hydrogens is 352 g/mol. The van der Waals surface area contributed by atoms with Crippen LogP contribution in [0.25, 0.3) is 0 Å². The van der Waals surface area contributed by atoms with E-state index in [1.165, 1.54) is 5.56 Å². The van der Waals surface area contributed by atoms with Gasteiger partial charge in [0.15, 0.2) is 11.5 Å². The van der Waals surface area contributed by atoms with Crippen molar-refractivity contribution in [3.63, 3.8) is 0 Å². The molecule has 0 spiro atoms. The minimum atomic E-state index is -0.236. The van der Waals surface area contributed by atoms with Crippen molar-refractivity contribution in [2.45, 2.75) is 13.0 Å². The molecule has 0 aliphatic rings. The highest BCUT2D eigenvalue weighted by Gasteiger charge is 2.10. The quantitative estimate of drug-likeness (QED) is 0.654. The Hall–Kier alpha value is -3.41. The molecule has 1 N–H and O–H groups in total. The minimum absolute atomic E-state index is 0.236. The number of benzene rings is 2. The Balaban J connectivity index is 1.53. The highest BCUT2D eigenvalue weighted by Crippen LogP contribution is 2.17. The molecule has 0 aliphatic carbocycles. The molecule has 1 aromatic heterocycles. The summed E-state index contributed by atoms with van der Waals surface area (Å²) in [6, 6.07) is 21.4. The lowest BCUT2D eigenvalue weighted by Gasteiger charge is -2.17. The van der Waals surface area contributed by atoms with Gasteiger partial charge in [0.2, 0.25) is 0 Å². The number of aromatic nitrogens is 2. The third-order valence-corrected chi connectivity index (χ3v) is 4.41. The molecule has 6 nitrogen and oxygen atoms in total. The maximum Gasteiger partial charge on any atom is 0.271 e. The summed E-state index contributed by atoms with van der Waals surface area (Å²) >= 11 is 0. The molecule has 0 aliphatic heterocycles. The molecule has 0 fully saturated rings. The Kier molecular flexibility index (Phi) is 6.57. The van der Waals surface area contributed by atoms with Crippen molar-refractivity contribution in [3.8, 4) is 5.75 Å². The van der Waals surface area contributed by atoms with E-state index in [-0.39, 0.29) is 5.91 Å². The zero-order chi connectivity index (χ0) is 19.8. The number of methoxy groups -OCH3 is 1. The van der Waals surface area contributed by atoms with Gasteiger partial charge in [0.05, 0.1) is 7.11 Å². The van der Waals surface area contributed by atoms with Crippen molar-refractivity contribution in [1.29, 1.82) is 0 Å². The fourth-order valence-corrected chi connectivity index (χ4v) is 2.90. The number of carbonyl (C=O) groups is 1. The van der Waals surface area contributed by atoms with Crippen LogP contribution in [0.3, 0.4) is 0 Å². The zero-order valence-electron chi connectivity index (χ0n) is 16.1. The fourth-order valence-electron chi connectivity index (χ4n) is 2.90. The Bertz CT molecular complexity index is 898. The SMILES string of the molecule is COc1ccccc1CCNC(=O)c1ccc(N(C)Cc2ccccc2)nn1. The Morgan fingerprint density at radius 2 is 1.75 bits per heavy atom. The molecule has 6 heteroatoms. The molecule has 2 aromatic carbocycles. The van der Waals surface area contributed by atoms with Gasteiger partial charge in [0.25, 0.3) is 5.91 Å². The number of hydrogen-bond acceptors (Lipinski definition) is 5. The molecule has 0 bridgehead atoms. The van der Waals surface area contributed by atoms with Crippen molar-refractivity contribution in [1.82, 2.24) is 15.5 Å². The Morgan fingerprint density at radius 3 is 2.46 bits per heavy atom. The van der Waals surface area contributed by atoms with Gasteiger partial charge in [-0.2, -0.15) is 0 Å². The zero-order valence-corrected chi connectivity index (χ0v) is 16.1. The summed E-state index contributed by atoms with van der Waals surface area (Å²) in [6.07, 6.45) is 0.682. The van der Waals surface area contributed by atoms with Crippen LogP contribution in [0.5, 0.6) is 5.75 Å². The maximum atomic E-state index is 12.3. The molecule has 3 rings (SSSR count). The van der Waals surface area contributed by atoms with E-state index in [4.69, 9.17) is 4.74 Å². The number of carbonyl (C=O) groups excluding carboxylic acids is 1. The first-order valence-electron chi connectivity index (χ1n) is 9.16. The topological polar surface area (TPSA) is 67.3 Å². The predicted molar refractivity (Wildman–Crippen MR) is 110 cm³/mol. The van der Waals surface area contributed by atoms with Crippen LogP contribution < -0.4 is 15.0 Å². The van der Waals surface area contributed by atoms with E-state index in [1.807, 2.05) is 60.5 Å². The second kappa shape index (κ2) is 9.50. The van der Waals surface area contributed by atoms with E-state index in [2.05, 4.69) is 27.6 Å². The van der Waals surface area contributed by atoms with E-state index < -0.39 is 0 Å². The first-order valence-corrected chi connectivity index (χ1v) is 9.16. The van der Waals surface area contributed by atoms with Gasteiger partial charge in [0.1, 0.15) is 5.75 Å². The average molecular weight is 376 g/mol. The molecule has 0 atom stereocenters. The summed E-state index contributed by atoms with van der Waals surface area (Å²) in [5, 5.41) is 11.1. The number of nitrogens with zero attached hydrogens (tertiary/aromatic N) is 3. The largest absolute Gasteiger partial charge is 0.496 e. The summed E-state index contributed by atoms with van der Waals surface area (Å²) in [4.78, 5) is 14.3. The van der Waals surface area contributed by atoms with Crippen molar-refractivity contribution >= 4 is 11.7 Å². The predicted octanol–water partition coefficient (Wildman–Crippen LogP) is 3.09. The van der Waals surface area contributed by atoms with Crippen molar-refractivity contribution in [3.05, 3.63) is 83.6 Å². The summed E-state index contributed by atoms with van der Waals surface area (Å²) in [5.74, 6) is 1.30. The smallest absolute Gasteiger partial charge is 0.271 e. The van der Waals surface area contributed by atoms with Crippen LogP contribution in [-0.4, -0.2) is 36.8 Å². The third-order valence-electron chi connectivity index (χ3n) is 4.41. The van der Waals surface area contributed by atoms with Crippen molar-refractivity contribution in [2.75, 3.05) is 25.6 Å². The normalized spacial score (nSPS) is 10.4. The van der Waals surface area contributed by atoms with Gasteiger partial charge in [-0.3, -0.25) is 4.79 Å². The molecule has 3 aromatic rings. The average Bonchev–Trinajstić information content (AvgIpc) is 2.75. The number of hydrogen-bond donors (Lipinski definition) is 1. The highest BCUT2D eigenvalue weighted by atomic mass is 16.5. The number of rotatable bonds is 8. The number of para-hydroxylation sites is 1. The Labute approximate surface area is 165 Å².